The van der Waals surface area contributed by atoms with E-state index in [1.807, 2.05) is 13.8 Å². The molecule has 21 heavy (non-hydrogen) atoms. The second-order valence-electron chi connectivity index (χ2n) is 5.00. The van der Waals surface area contributed by atoms with Gasteiger partial charge < -0.3 is 10.4 Å². The summed E-state index contributed by atoms with van der Waals surface area (Å²) in [5, 5.41) is 12.3. The van der Waals surface area contributed by atoms with Gasteiger partial charge in [0.1, 0.15) is 0 Å². The number of halogens is 2. The zero-order valence-corrected chi connectivity index (χ0v) is 12.3. The van der Waals surface area contributed by atoms with Gasteiger partial charge in [0.15, 0.2) is 11.6 Å². The molecule has 116 valence electrons. The van der Waals surface area contributed by atoms with Crippen molar-refractivity contribution in [1.29, 1.82) is 0 Å². The Hall–Kier alpha value is -1.75. The lowest BCUT2D eigenvalue weighted by Crippen LogP contribution is -2.40. The highest BCUT2D eigenvalue weighted by Gasteiger charge is 2.33. The van der Waals surface area contributed by atoms with Gasteiger partial charge in [-0.05, 0) is 30.5 Å². The van der Waals surface area contributed by atoms with E-state index in [1.54, 1.807) is 12.2 Å². The van der Waals surface area contributed by atoms with Gasteiger partial charge in [-0.2, -0.15) is 0 Å². The summed E-state index contributed by atoms with van der Waals surface area (Å²) < 4.78 is 25.8. The number of carboxylic acid groups (broad SMARTS) is 1. The van der Waals surface area contributed by atoms with Gasteiger partial charge in [-0.25, -0.2) is 8.78 Å². The molecule has 0 bridgehead atoms. The van der Waals surface area contributed by atoms with Crippen LogP contribution in [0, 0.1) is 17.0 Å². The molecular weight excluding hydrogens is 276 g/mol. The monoisotopic (exact) mass is 297 g/mol. The minimum Gasteiger partial charge on any atom is -0.481 e. The van der Waals surface area contributed by atoms with Gasteiger partial charge in [0, 0.05) is 13.1 Å². The number of hydrogen-bond donors (Lipinski definition) is 2. The molecule has 2 N–H and O–H groups in total. The summed E-state index contributed by atoms with van der Waals surface area (Å²) in [5.41, 5.74) is -0.193. The highest BCUT2D eigenvalue weighted by Crippen LogP contribution is 2.25. The maximum atomic E-state index is 13.0. The third kappa shape index (κ3) is 4.63. The summed E-state index contributed by atoms with van der Waals surface area (Å²) >= 11 is 0. The summed E-state index contributed by atoms with van der Waals surface area (Å²) in [6.45, 7) is 4.55. The van der Waals surface area contributed by atoms with Crippen LogP contribution in [0.5, 0.6) is 0 Å². The third-order valence-corrected chi connectivity index (χ3v) is 3.79. The van der Waals surface area contributed by atoms with E-state index in [2.05, 4.69) is 5.32 Å². The molecular formula is C16H21F2NO2. The molecule has 3 nitrogen and oxygen atoms in total. The van der Waals surface area contributed by atoms with Crippen LogP contribution in [0.2, 0.25) is 0 Å². The fourth-order valence-electron chi connectivity index (χ4n) is 2.08. The molecule has 0 unspecified atom stereocenters. The van der Waals surface area contributed by atoms with Crippen LogP contribution in [0.15, 0.2) is 24.3 Å². The summed E-state index contributed by atoms with van der Waals surface area (Å²) in [6.07, 6.45) is 4.53. The molecule has 0 aliphatic carbocycles. The number of nitrogens with one attached hydrogen (secondary N) is 1. The van der Waals surface area contributed by atoms with Crippen LogP contribution in [0.1, 0.15) is 32.3 Å². The van der Waals surface area contributed by atoms with Gasteiger partial charge in [0.25, 0.3) is 0 Å². The molecule has 0 fully saturated rings. The Morgan fingerprint density at radius 1 is 1.29 bits per heavy atom. The fraction of sp³-hybridized carbons (Fsp3) is 0.438. The van der Waals surface area contributed by atoms with Crippen molar-refractivity contribution in [1.82, 2.24) is 5.32 Å². The first-order chi connectivity index (χ1) is 9.95. The average molecular weight is 297 g/mol. The van der Waals surface area contributed by atoms with E-state index in [-0.39, 0.29) is 0 Å². The van der Waals surface area contributed by atoms with Crippen LogP contribution in [-0.2, 0) is 4.79 Å². The molecule has 1 rings (SSSR count). The SMILES string of the molecule is CCC(CC)(CNC/C=C/c1ccc(F)c(F)c1)C(=O)O. The predicted octanol–water partition coefficient (Wildman–Crippen LogP) is 3.46. The zero-order valence-electron chi connectivity index (χ0n) is 12.3. The lowest BCUT2D eigenvalue weighted by molar-refractivity contribution is -0.149. The maximum Gasteiger partial charge on any atom is 0.310 e. The number of rotatable bonds is 8. The Bertz CT molecular complexity index is 511. The second-order valence-corrected chi connectivity index (χ2v) is 5.00. The number of hydrogen-bond acceptors (Lipinski definition) is 2. The Morgan fingerprint density at radius 3 is 2.48 bits per heavy atom. The third-order valence-electron chi connectivity index (χ3n) is 3.79. The van der Waals surface area contributed by atoms with E-state index in [0.717, 1.165) is 12.1 Å². The minimum atomic E-state index is -0.882. The van der Waals surface area contributed by atoms with Crippen LogP contribution in [0.25, 0.3) is 6.08 Å². The molecule has 0 aromatic heterocycles. The van der Waals surface area contributed by atoms with Gasteiger partial charge in [0.05, 0.1) is 5.41 Å². The largest absolute Gasteiger partial charge is 0.481 e. The van der Waals surface area contributed by atoms with Crippen molar-refractivity contribution in [2.75, 3.05) is 13.1 Å². The Labute approximate surface area is 123 Å². The average Bonchev–Trinajstić information content (AvgIpc) is 2.46. The Morgan fingerprint density at radius 2 is 1.95 bits per heavy atom. The van der Waals surface area contributed by atoms with Crippen molar-refractivity contribution in [3.63, 3.8) is 0 Å². The van der Waals surface area contributed by atoms with Crippen molar-refractivity contribution in [2.45, 2.75) is 26.7 Å². The fourth-order valence-corrected chi connectivity index (χ4v) is 2.08. The molecule has 1 aromatic carbocycles. The molecule has 0 radical (unpaired) electrons. The topological polar surface area (TPSA) is 49.3 Å². The Kier molecular flexibility index (Phi) is 6.49. The highest BCUT2D eigenvalue weighted by atomic mass is 19.2. The molecule has 0 spiro atoms. The van der Waals surface area contributed by atoms with Crippen molar-refractivity contribution < 1.29 is 18.7 Å². The quantitative estimate of drug-likeness (QED) is 0.722. The molecule has 0 aliphatic rings. The van der Waals surface area contributed by atoms with E-state index in [1.165, 1.54) is 6.07 Å². The molecule has 0 saturated heterocycles. The smallest absolute Gasteiger partial charge is 0.310 e. The second kappa shape index (κ2) is 7.88. The summed E-state index contributed by atoms with van der Waals surface area (Å²) in [4.78, 5) is 11.3. The standard InChI is InChI=1S/C16H21F2NO2/c1-3-16(4-2,15(20)21)11-19-9-5-6-12-7-8-13(17)14(18)10-12/h5-8,10,19H,3-4,9,11H2,1-2H3,(H,20,21)/b6-5+. The Balaban J connectivity index is 2.51. The van der Waals surface area contributed by atoms with E-state index in [4.69, 9.17) is 0 Å². The molecule has 0 aliphatic heterocycles. The zero-order chi connectivity index (χ0) is 15.9. The number of aliphatic carboxylic acids is 1. The van der Waals surface area contributed by atoms with Gasteiger partial charge in [0.2, 0.25) is 0 Å². The van der Waals surface area contributed by atoms with Crippen molar-refractivity contribution in [2.24, 2.45) is 5.41 Å². The maximum absolute atomic E-state index is 13.0. The molecule has 1 aromatic rings. The molecule has 0 heterocycles. The molecule has 5 heteroatoms. The molecule has 0 saturated carbocycles. The van der Waals surface area contributed by atoms with Gasteiger partial charge in [-0.1, -0.05) is 32.1 Å². The van der Waals surface area contributed by atoms with Crippen molar-refractivity contribution >= 4 is 12.0 Å². The van der Waals surface area contributed by atoms with Gasteiger partial charge >= 0.3 is 5.97 Å². The van der Waals surface area contributed by atoms with Gasteiger partial charge in [-0.3, -0.25) is 4.79 Å². The van der Waals surface area contributed by atoms with Crippen LogP contribution in [0.3, 0.4) is 0 Å². The normalized spacial score (nSPS) is 12.0. The van der Waals surface area contributed by atoms with Crippen molar-refractivity contribution in [3.05, 3.63) is 41.5 Å². The van der Waals surface area contributed by atoms with Crippen LogP contribution in [-0.4, -0.2) is 24.2 Å². The van der Waals surface area contributed by atoms with Crippen molar-refractivity contribution in [3.8, 4) is 0 Å². The summed E-state index contributed by atoms with van der Waals surface area (Å²) in [7, 11) is 0. The van der Waals surface area contributed by atoms with Crippen LogP contribution in [0.4, 0.5) is 8.78 Å². The van der Waals surface area contributed by atoms with E-state index < -0.39 is 23.0 Å². The van der Waals surface area contributed by atoms with E-state index in [0.29, 0.717) is 31.5 Å². The van der Waals surface area contributed by atoms with Crippen LogP contribution >= 0.6 is 0 Å². The molecule has 0 amide bonds. The summed E-state index contributed by atoms with van der Waals surface area (Å²) in [6, 6.07) is 3.67. The lowest BCUT2D eigenvalue weighted by Gasteiger charge is -2.26. The van der Waals surface area contributed by atoms with E-state index >= 15 is 0 Å². The minimum absolute atomic E-state index is 0.372. The number of carboxylic acids is 1. The first kappa shape index (κ1) is 17.3. The first-order valence-electron chi connectivity index (χ1n) is 7.01. The summed E-state index contributed by atoms with van der Waals surface area (Å²) in [5.74, 6) is -2.56. The lowest BCUT2D eigenvalue weighted by atomic mass is 9.82. The van der Waals surface area contributed by atoms with E-state index in [9.17, 15) is 18.7 Å². The van der Waals surface area contributed by atoms with Crippen LogP contribution < -0.4 is 5.32 Å². The predicted molar refractivity (Wildman–Crippen MR) is 78.9 cm³/mol. The molecule has 0 atom stereocenters. The number of benzene rings is 1. The first-order valence-corrected chi connectivity index (χ1v) is 7.01. The van der Waals surface area contributed by atoms with Gasteiger partial charge in [-0.15, -0.1) is 0 Å². The highest BCUT2D eigenvalue weighted by molar-refractivity contribution is 5.74. The number of carbonyl (C=O) groups is 1.